The quantitative estimate of drug-likeness (QED) is 0.723. The summed E-state index contributed by atoms with van der Waals surface area (Å²) in [4.78, 5) is 0.341. The summed E-state index contributed by atoms with van der Waals surface area (Å²) in [6.45, 7) is 3.15. The molecule has 2 heterocycles. The van der Waals surface area contributed by atoms with E-state index in [1.54, 1.807) is 28.6 Å². The van der Waals surface area contributed by atoms with Crippen molar-refractivity contribution in [3.63, 3.8) is 0 Å². The molecule has 0 fully saturated rings. The Morgan fingerprint density at radius 3 is 2.36 bits per heavy atom. The SMILES string of the molecule is Cc1ccccc1C1c2cccn2CCN1S(=O)(=O)c1ccccc1. The monoisotopic (exact) mass is 352 g/mol. The van der Waals surface area contributed by atoms with Gasteiger partial charge in [0, 0.05) is 25.0 Å². The molecule has 2 aromatic carbocycles. The lowest BCUT2D eigenvalue weighted by Crippen LogP contribution is -2.42. The van der Waals surface area contributed by atoms with Crippen LogP contribution in [-0.2, 0) is 16.6 Å². The second kappa shape index (κ2) is 6.17. The minimum atomic E-state index is -3.58. The minimum Gasteiger partial charge on any atom is -0.348 e. The summed E-state index contributed by atoms with van der Waals surface area (Å²) >= 11 is 0. The lowest BCUT2D eigenvalue weighted by atomic mass is 9.97. The van der Waals surface area contributed by atoms with Crippen LogP contribution < -0.4 is 0 Å². The van der Waals surface area contributed by atoms with E-state index in [9.17, 15) is 8.42 Å². The van der Waals surface area contributed by atoms with E-state index in [0.29, 0.717) is 18.0 Å². The zero-order chi connectivity index (χ0) is 17.4. The van der Waals surface area contributed by atoms with E-state index in [-0.39, 0.29) is 6.04 Å². The lowest BCUT2D eigenvalue weighted by Gasteiger charge is -2.37. The van der Waals surface area contributed by atoms with Crippen LogP contribution in [0.1, 0.15) is 22.9 Å². The van der Waals surface area contributed by atoms with E-state index in [1.807, 2.05) is 55.6 Å². The van der Waals surface area contributed by atoms with Crippen molar-refractivity contribution in [2.75, 3.05) is 6.54 Å². The van der Waals surface area contributed by atoms with E-state index < -0.39 is 10.0 Å². The van der Waals surface area contributed by atoms with Crippen molar-refractivity contribution >= 4 is 10.0 Å². The van der Waals surface area contributed by atoms with Gasteiger partial charge in [-0.25, -0.2) is 8.42 Å². The first-order valence-corrected chi connectivity index (χ1v) is 9.80. The highest BCUT2D eigenvalue weighted by Crippen LogP contribution is 2.37. The topological polar surface area (TPSA) is 42.3 Å². The van der Waals surface area contributed by atoms with Crippen LogP contribution in [0.2, 0.25) is 0 Å². The molecule has 0 N–H and O–H groups in total. The van der Waals surface area contributed by atoms with E-state index in [2.05, 4.69) is 4.57 Å². The van der Waals surface area contributed by atoms with Crippen LogP contribution in [0, 0.1) is 6.92 Å². The number of rotatable bonds is 3. The second-order valence-corrected chi connectivity index (χ2v) is 8.20. The molecule has 1 aliphatic rings. The Labute approximate surface area is 148 Å². The van der Waals surface area contributed by atoms with Crippen LogP contribution in [0.25, 0.3) is 0 Å². The van der Waals surface area contributed by atoms with Gasteiger partial charge in [-0.15, -0.1) is 0 Å². The van der Waals surface area contributed by atoms with Crippen molar-refractivity contribution < 1.29 is 8.42 Å². The summed E-state index contributed by atoms with van der Waals surface area (Å²) in [5.74, 6) is 0. The first-order valence-electron chi connectivity index (χ1n) is 8.36. The molecule has 0 radical (unpaired) electrons. The Morgan fingerprint density at radius 2 is 1.60 bits per heavy atom. The van der Waals surface area contributed by atoms with Gasteiger partial charge in [-0.2, -0.15) is 4.31 Å². The van der Waals surface area contributed by atoms with Crippen LogP contribution >= 0.6 is 0 Å². The summed E-state index contributed by atoms with van der Waals surface area (Å²) in [5, 5.41) is 0. The number of sulfonamides is 1. The number of hydrogen-bond donors (Lipinski definition) is 0. The number of aromatic nitrogens is 1. The van der Waals surface area contributed by atoms with Gasteiger partial charge in [-0.1, -0.05) is 42.5 Å². The molecule has 4 rings (SSSR count). The van der Waals surface area contributed by atoms with Gasteiger partial charge in [-0.05, 0) is 42.3 Å². The van der Waals surface area contributed by atoms with E-state index in [1.165, 1.54) is 0 Å². The number of fused-ring (bicyclic) bond motifs is 1. The number of aryl methyl sites for hydroxylation is 1. The van der Waals surface area contributed by atoms with Crippen molar-refractivity contribution in [3.8, 4) is 0 Å². The number of benzene rings is 2. The van der Waals surface area contributed by atoms with Gasteiger partial charge in [0.25, 0.3) is 0 Å². The predicted octanol–water partition coefficient (Wildman–Crippen LogP) is 3.59. The van der Waals surface area contributed by atoms with Crippen molar-refractivity contribution in [1.82, 2.24) is 8.87 Å². The van der Waals surface area contributed by atoms with Crippen LogP contribution in [0.5, 0.6) is 0 Å². The van der Waals surface area contributed by atoms with Crippen molar-refractivity contribution in [1.29, 1.82) is 0 Å². The zero-order valence-electron chi connectivity index (χ0n) is 14.0. The fraction of sp³-hybridized carbons (Fsp3) is 0.200. The summed E-state index contributed by atoms with van der Waals surface area (Å²) < 4.78 is 30.4. The normalized spacial score (nSPS) is 18.0. The molecule has 0 saturated heterocycles. The molecule has 0 saturated carbocycles. The Hall–Kier alpha value is -2.37. The van der Waals surface area contributed by atoms with Crippen LogP contribution in [0.15, 0.2) is 77.8 Å². The third kappa shape index (κ3) is 2.69. The van der Waals surface area contributed by atoms with E-state index in [0.717, 1.165) is 16.8 Å². The highest BCUT2D eigenvalue weighted by atomic mass is 32.2. The first kappa shape index (κ1) is 16.1. The Bertz CT molecular complexity index is 993. The Kier molecular flexibility index (Phi) is 3.98. The summed E-state index contributed by atoms with van der Waals surface area (Å²) in [6, 6.07) is 20.4. The first-order chi connectivity index (χ1) is 12.1. The maximum absolute atomic E-state index is 13.3. The molecule has 1 unspecified atom stereocenters. The Morgan fingerprint density at radius 1 is 0.880 bits per heavy atom. The smallest absolute Gasteiger partial charge is 0.244 e. The fourth-order valence-corrected chi connectivity index (χ4v) is 5.15. The van der Waals surface area contributed by atoms with Crippen LogP contribution in [0.4, 0.5) is 0 Å². The second-order valence-electron chi connectivity index (χ2n) is 6.31. The third-order valence-electron chi connectivity index (χ3n) is 4.83. The number of hydrogen-bond acceptors (Lipinski definition) is 2. The highest BCUT2D eigenvalue weighted by molar-refractivity contribution is 7.89. The number of nitrogens with zero attached hydrogens (tertiary/aromatic N) is 2. The molecular weight excluding hydrogens is 332 g/mol. The molecule has 0 aliphatic carbocycles. The molecule has 0 spiro atoms. The molecule has 4 nitrogen and oxygen atoms in total. The van der Waals surface area contributed by atoms with Crippen molar-refractivity contribution in [3.05, 3.63) is 89.7 Å². The standard InChI is InChI=1S/C20H20N2O2S/c1-16-8-5-6-11-18(16)20-19-12-7-13-21(19)14-15-22(20)25(23,24)17-9-3-2-4-10-17/h2-13,20H,14-15H2,1H3. The average molecular weight is 352 g/mol. The third-order valence-corrected chi connectivity index (χ3v) is 6.71. The molecule has 1 aliphatic heterocycles. The molecule has 5 heteroatoms. The molecule has 128 valence electrons. The van der Waals surface area contributed by atoms with E-state index in [4.69, 9.17) is 0 Å². The van der Waals surface area contributed by atoms with E-state index >= 15 is 0 Å². The molecule has 1 aromatic heterocycles. The van der Waals surface area contributed by atoms with Gasteiger partial charge in [0.05, 0.1) is 10.9 Å². The molecule has 0 amide bonds. The fourth-order valence-electron chi connectivity index (χ4n) is 3.56. The predicted molar refractivity (Wildman–Crippen MR) is 97.8 cm³/mol. The Balaban J connectivity index is 1.89. The summed E-state index contributed by atoms with van der Waals surface area (Å²) in [5.41, 5.74) is 3.14. The molecule has 3 aromatic rings. The van der Waals surface area contributed by atoms with Gasteiger partial charge in [0.15, 0.2) is 0 Å². The van der Waals surface area contributed by atoms with Crippen molar-refractivity contribution in [2.45, 2.75) is 24.4 Å². The maximum atomic E-state index is 13.3. The summed E-state index contributed by atoms with van der Waals surface area (Å²) in [7, 11) is -3.58. The largest absolute Gasteiger partial charge is 0.348 e. The van der Waals surface area contributed by atoms with Gasteiger partial charge in [-0.3, -0.25) is 0 Å². The highest BCUT2D eigenvalue weighted by Gasteiger charge is 2.37. The van der Waals surface area contributed by atoms with Crippen LogP contribution in [-0.4, -0.2) is 23.8 Å². The average Bonchev–Trinajstić information content (AvgIpc) is 3.11. The summed E-state index contributed by atoms with van der Waals surface area (Å²) in [6.07, 6.45) is 2.02. The molecule has 0 bridgehead atoms. The van der Waals surface area contributed by atoms with Gasteiger partial charge >= 0.3 is 0 Å². The van der Waals surface area contributed by atoms with Gasteiger partial charge in [0.1, 0.15) is 0 Å². The van der Waals surface area contributed by atoms with Crippen molar-refractivity contribution in [2.24, 2.45) is 0 Å². The molecule has 25 heavy (non-hydrogen) atoms. The zero-order valence-corrected chi connectivity index (χ0v) is 14.9. The maximum Gasteiger partial charge on any atom is 0.244 e. The van der Waals surface area contributed by atoms with Gasteiger partial charge in [0.2, 0.25) is 10.0 Å². The lowest BCUT2D eigenvalue weighted by molar-refractivity contribution is 0.297. The van der Waals surface area contributed by atoms with Gasteiger partial charge < -0.3 is 4.57 Å². The molecule has 1 atom stereocenters. The molecular formula is C20H20N2O2S. The van der Waals surface area contributed by atoms with Crippen LogP contribution in [0.3, 0.4) is 0 Å². The minimum absolute atomic E-state index is 0.310.